The molecule has 0 spiro atoms. The molecule has 2 aliphatic rings. The lowest BCUT2D eigenvalue weighted by Gasteiger charge is -2.20. The highest BCUT2D eigenvalue weighted by molar-refractivity contribution is 7.14. The van der Waals surface area contributed by atoms with E-state index in [1.165, 1.54) is 42.6 Å². The number of thiazole rings is 1. The van der Waals surface area contributed by atoms with Gasteiger partial charge in [0.15, 0.2) is 5.13 Å². The van der Waals surface area contributed by atoms with Crippen molar-refractivity contribution in [2.24, 2.45) is 17.8 Å². The molecular formula is C19H22N2OS. The minimum Gasteiger partial charge on any atom is -0.302 e. The fraction of sp³-hybridized carbons (Fsp3) is 0.474. The molecule has 4 heteroatoms. The Kier molecular flexibility index (Phi) is 3.93. The molecule has 0 radical (unpaired) electrons. The van der Waals surface area contributed by atoms with Crippen LogP contribution < -0.4 is 5.32 Å². The van der Waals surface area contributed by atoms with Crippen molar-refractivity contribution in [3.05, 3.63) is 35.2 Å². The minimum atomic E-state index is 0.132. The first-order valence-electron chi connectivity index (χ1n) is 8.50. The summed E-state index contributed by atoms with van der Waals surface area (Å²) in [5, 5.41) is 5.73. The van der Waals surface area contributed by atoms with Crippen molar-refractivity contribution < 1.29 is 4.79 Å². The van der Waals surface area contributed by atoms with Gasteiger partial charge < -0.3 is 5.32 Å². The lowest BCUT2D eigenvalue weighted by Crippen LogP contribution is -2.20. The lowest BCUT2D eigenvalue weighted by atomic mass is 9.86. The van der Waals surface area contributed by atoms with E-state index >= 15 is 0 Å². The Balaban J connectivity index is 1.37. The summed E-state index contributed by atoms with van der Waals surface area (Å²) >= 11 is 1.51. The van der Waals surface area contributed by atoms with E-state index < -0.39 is 0 Å². The number of benzene rings is 1. The standard InChI is InChI=1S/C19H22N2OS/c1-12-2-5-14(6-3-12)17-11-23-19(20-17)21-18(22)10-16-9-13-4-7-15(16)8-13/h2-3,5-6,11,13,15-16H,4,7-10H2,1H3,(H,20,21,22)/t13-,15-,16-/m1/s1. The summed E-state index contributed by atoms with van der Waals surface area (Å²) in [6, 6.07) is 8.32. The van der Waals surface area contributed by atoms with E-state index in [4.69, 9.17) is 0 Å². The third-order valence-electron chi connectivity index (χ3n) is 5.43. The summed E-state index contributed by atoms with van der Waals surface area (Å²) in [5.41, 5.74) is 3.27. The Bertz CT molecular complexity index is 706. The van der Waals surface area contributed by atoms with Crippen molar-refractivity contribution in [1.82, 2.24) is 4.98 Å². The molecule has 0 saturated heterocycles. The average Bonchev–Trinajstić information content (AvgIpc) is 3.24. The van der Waals surface area contributed by atoms with Crippen LogP contribution in [0.5, 0.6) is 0 Å². The summed E-state index contributed by atoms with van der Waals surface area (Å²) in [5.74, 6) is 2.42. The van der Waals surface area contributed by atoms with Gasteiger partial charge in [-0.25, -0.2) is 4.98 Å². The van der Waals surface area contributed by atoms with Crippen LogP contribution in [0.15, 0.2) is 29.6 Å². The van der Waals surface area contributed by atoms with Crippen molar-refractivity contribution in [1.29, 1.82) is 0 Å². The molecule has 120 valence electrons. The molecule has 2 bridgehead atoms. The maximum atomic E-state index is 12.3. The van der Waals surface area contributed by atoms with Gasteiger partial charge in [-0.05, 0) is 43.9 Å². The summed E-state index contributed by atoms with van der Waals surface area (Å²) in [6.45, 7) is 2.08. The second kappa shape index (κ2) is 6.08. The average molecular weight is 326 g/mol. The number of aryl methyl sites for hydroxylation is 1. The number of carbonyl (C=O) groups excluding carboxylic acids is 1. The molecule has 0 aliphatic heterocycles. The van der Waals surface area contributed by atoms with Gasteiger partial charge in [-0.1, -0.05) is 36.2 Å². The maximum absolute atomic E-state index is 12.3. The Hall–Kier alpha value is -1.68. The number of nitrogens with zero attached hydrogens (tertiary/aromatic N) is 1. The molecular weight excluding hydrogens is 304 g/mol. The molecule has 4 rings (SSSR count). The van der Waals surface area contributed by atoms with Gasteiger partial charge in [-0.3, -0.25) is 4.79 Å². The van der Waals surface area contributed by atoms with Gasteiger partial charge in [0.2, 0.25) is 5.91 Å². The normalized spacial score (nSPS) is 25.7. The Labute approximate surface area is 141 Å². The highest BCUT2D eigenvalue weighted by Gasteiger charge is 2.40. The van der Waals surface area contributed by atoms with E-state index in [1.54, 1.807) is 0 Å². The van der Waals surface area contributed by atoms with E-state index in [0.29, 0.717) is 17.5 Å². The quantitative estimate of drug-likeness (QED) is 0.869. The van der Waals surface area contributed by atoms with Crippen LogP contribution in [0.3, 0.4) is 0 Å². The number of nitrogens with one attached hydrogen (secondary N) is 1. The molecule has 1 aromatic carbocycles. The van der Waals surface area contributed by atoms with Crippen LogP contribution in [-0.2, 0) is 4.79 Å². The molecule has 3 nitrogen and oxygen atoms in total. The first-order valence-corrected chi connectivity index (χ1v) is 9.38. The first kappa shape index (κ1) is 14.9. The third-order valence-corrected chi connectivity index (χ3v) is 6.19. The first-order chi connectivity index (χ1) is 11.2. The highest BCUT2D eigenvalue weighted by atomic mass is 32.1. The molecule has 2 aliphatic carbocycles. The van der Waals surface area contributed by atoms with Crippen LogP contribution in [-0.4, -0.2) is 10.9 Å². The van der Waals surface area contributed by atoms with Crippen molar-refractivity contribution in [2.45, 2.75) is 39.0 Å². The van der Waals surface area contributed by atoms with E-state index in [2.05, 4.69) is 41.5 Å². The van der Waals surface area contributed by atoms with E-state index in [-0.39, 0.29) is 5.91 Å². The number of fused-ring (bicyclic) bond motifs is 2. The largest absolute Gasteiger partial charge is 0.302 e. The van der Waals surface area contributed by atoms with E-state index in [1.807, 2.05) is 5.38 Å². The maximum Gasteiger partial charge on any atom is 0.226 e. The van der Waals surface area contributed by atoms with Gasteiger partial charge in [0.25, 0.3) is 0 Å². The van der Waals surface area contributed by atoms with Gasteiger partial charge in [-0.15, -0.1) is 11.3 Å². The summed E-state index contributed by atoms with van der Waals surface area (Å²) in [4.78, 5) is 16.8. The molecule has 3 atom stereocenters. The number of aromatic nitrogens is 1. The van der Waals surface area contributed by atoms with Crippen LogP contribution in [0.1, 0.15) is 37.7 Å². The number of amides is 1. The molecule has 1 amide bonds. The summed E-state index contributed by atoms with van der Waals surface area (Å²) in [6.07, 6.45) is 5.99. The van der Waals surface area contributed by atoms with Crippen LogP contribution >= 0.6 is 11.3 Å². The van der Waals surface area contributed by atoms with E-state index in [9.17, 15) is 4.79 Å². The van der Waals surface area contributed by atoms with Gasteiger partial charge in [-0.2, -0.15) is 0 Å². The van der Waals surface area contributed by atoms with Crippen molar-refractivity contribution >= 4 is 22.4 Å². The van der Waals surface area contributed by atoms with Crippen molar-refractivity contribution in [3.8, 4) is 11.3 Å². The third kappa shape index (κ3) is 3.18. The topological polar surface area (TPSA) is 42.0 Å². The second-order valence-electron chi connectivity index (χ2n) is 7.09. The molecule has 2 saturated carbocycles. The number of carbonyl (C=O) groups is 1. The number of hydrogen-bond acceptors (Lipinski definition) is 3. The predicted octanol–water partition coefficient (Wildman–Crippen LogP) is 4.88. The molecule has 2 fully saturated rings. The van der Waals surface area contributed by atoms with Gasteiger partial charge in [0.05, 0.1) is 5.69 Å². The summed E-state index contributed by atoms with van der Waals surface area (Å²) < 4.78 is 0. The molecule has 0 unspecified atom stereocenters. The second-order valence-corrected chi connectivity index (χ2v) is 7.95. The van der Waals surface area contributed by atoms with Crippen LogP contribution in [0, 0.1) is 24.7 Å². The van der Waals surface area contributed by atoms with Crippen molar-refractivity contribution in [3.63, 3.8) is 0 Å². The van der Waals surface area contributed by atoms with Crippen molar-refractivity contribution in [2.75, 3.05) is 5.32 Å². The van der Waals surface area contributed by atoms with Crippen LogP contribution in [0.25, 0.3) is 11.3 Å². The zero-order valence-electron chi connectivity index (χ0n) is 13.4. The predicted molar refractivity (Wildman–Crippen MR) is 94.5 cm³/mol. The Morgan fingerprint density at radius 2 is 2.09 bits per heavy atom. The SMILES string of the molecule is Cc1ccc(-c2csc(NC(=O)C[C@H]3C[C@@H]4CC[C@@H]3C4)n2)cc1. The fourth-order valence-electron chi connectivity index (χ4n) is 4.22. The number of anilines is 1. The smallest absolute Gasteiger partial charge is 0.226 e. The van der Waals surface area contributed by atoms with E-state index in [0.717, 1.165) is 23.1 Å². The minimum absolute atomic E-state index is 0.132. The zero-order valence-corrected chi connectivity index (χ0v) is 14.2. The summed E-state index contributed by atoms with van der Waals surface area (Å²) in [7, 11) is 0. The highest BCUT2D eigenvalue weighted by Crippen LogP contribution is 2.49. The molecule has 1 heterocycles. The Morgan fingerprint density at radius 1 is 1.26 bits per heavy atom. The molecule has 1 N–H and O–H groups in total. The van der Waals surface area contributed by atoms with Gasteiger partial charge >= 0.3 is 0 Å². The Morgan fingerprint density at radius 3 is 2.78 bits per heavy atom. The molecule has 2 aromatic rings. The van der Waals surface area contributed by atoms with Gasteiger partial charge in [0, 0.05) is 17.4 Å². The van der Waals surface area contributed by atoms with Crippen LogP contribution in [0.2, 0.25) is 0 Å². The van der Waals surface area contributed by atoms with Crippen LogP contribution in [0.4, 0.5) is 5.13 Å². The fourth-order valence-corrected chi connectivity index (χ4v) is 4.96. The molecule has 1 aromatic heterocycles. The lowest BCUT2D eigenvalue weighted by molar-refractivity contribution is -0.117. The number of hydrogen-bond donors (Lipinski definition) is 1. The van der Waals surface area contributed by atoms with Gasteiger partial charge in [0.1, 0.15) is 0 Å². The molecule has 23 heavy (non-hydrogen) atoms. The zero-order chi connectivity index (χ0) is 15.8. The monoisotopic (exact) mass is 326 g/mol. The number of rotatable bonds is 4.